The SMILES string of the molecule is OCCN(CCO)c1ccc(/C=N/Nc2ccccn2)c(Cl)c1. The molecule has 1 heterocycles. The number of aliphatic hydroxyl groups is 2. The number of rotatable bonds is 8. The first kappa shape index (κ1) is 17.2. The van der Waals surface area contributed by atoms with E-state index in [4.69, 9.17) is 21.8 Å². The Balaban J connectivity index is 2.06. The minimum atomic E-state index is 0.00875. The Morgan fingerprint density at radius 1 is 1.17 bits per heavy atom. The van der Waals surface area contributed by atoms with Crippen LogP contribution >= 0.6 is 11.6 Å². The van der Waals surface area contributed by atoms with E-state index in [1.54, 1.807) is 18.5 Å². The van der Waals surface area contributed by atoms with Crippen LogP contribution in [0.2, 0.25) is 5.02 Å². The maximum atomic E-state index is 9.08. The maximum absolute atomic E-state index is 9.08. The van der Waals surface area contributed by atoms with E-state index < -0.39 is 0 Å². The molecular formula is C16H19ClN4O2. The average molecular weight is 335 g/mol. The summed E-state index contributed by atoms with van der Waals surface area (Å²) in [5, 5.41) is 22.8. The molecule has 0 saturated carbocycles. The Hall–Kier alpha value is -2.15. The second kappa shape index (κ2) is 9.09. The van der Waals surface area contributed by atoms with Crippen molar-refractivity contribution in [3.8, 4) is 0 Å². The van der Waals surface area contributed by atoms with Gasteiger partial charge < -0.3 is 15.1 Å². The van der Waals surface area contributed by atoms with Crippen LogP contribution in [0.1, 0.15) is 5.56 Å². The van der Waals surface area contributed by atoms with Crippen LogP contribution in [0.3, 0.4) is 0 Å². The van der Waals surface area contributed by atoms with Gasteiger partial charge >= 0.3 is 0 Å². The second-order valence-electron chi connectivity index (χ2n) is 4.73. The van der Waals surface area contributed by atoms with Crippen LogP contribution in [0.4, 0.5) is 11.5 Å². The van der Waals surface area contributed by atoms with Gasteiger partial charge in [0.25, 0.3) is 0 Å². The van der Waals surface area contributed by atoms with Crippen molar-refractivity contribution in [1.82, 2.24) is 4.98 Å². The molecule has 1 aromatic heterocycles. The van der Waals surface area contributed by atoms with Gasteiger partial charge in [-0.05, 0) is 30.3 Å². The molecule has 3 N–H and O–H groups in total. The number of nitrogens with one attached hydrogen (secondary N) is 1. The summed E-state index contributed by atoms with van der Waals surface area (Å²) in [5.74, 6) is 0.647. The molecule has 0 aliphatic carbocycles. The van der Waals surface area contributed by atoms with E-state index in [9.17, 15) is 0 Å². The third-order valence-electron chi connectivity index (χ3n) is 3.14. The molecule has 6 nitrogen and oxygen atoms in total. The van der Waals surface area contributed by atoms with Gasteiger partial charge in [0.05, 0.1) is 24.5 Å². The van der Waals surface area contributed by atoms with E-state index in [-0.39, 0.29) is 13.2 Å². The Labute approximate surface area is 140 Å². The van der Waals surface area contributed by atoms with Crippen LogP contribution in [0, 0.1) is 0 Å². The zero-order valence-corrected chi connectivity index (χ0v) is 13.3. The summed E-state index contributed by atoms with van der Waals surface area (Å²) >= 11 is 6.27. The Morgan fingerprint density at radius 2 is 1.96 bits per heavy atom. The number of anilines is 2. The third kappa shape index (κ3) is 5.21. The lowest BCUT2D eigenvalue weighted by Crippen LogP contribution is -2.29. The summed E-state index contributed by atoms with van der Waals surface area (Å²) < 4.78 is 0. The van der Waals surface area contributed by atoms with Gasteiger partial charge in [-0.2, -0.15) is 5.10 Å². The van der Waals surface area contributed by atoms with Gasteiger partial charge in [-0.15, -0.1) is 0 Å². The van der Waals surface area contributed by atoms with Crippen molar-refractivity contribution in [2.24, 2.45) is 5.10 Å². The van der Waals surface area contributed by atoms with E-state index in [1.807, 2.05) is 35.2 Å². The first-order valence-corrected chi connectivity index (χ1v) is 7.58. The number of benzene rings is 1. The predicted molar refractivity (Wildman–Crippen MR) is 93.3 cm³/mol. The van der Waals surface area contributed by atoms with Gasteiger partial charge in [-0.3, -0.25) is 5.43 Å². The van der Waals surface area contributed by atoms with E-state index >= 15 is 0 Å². The highest BCUT2D eigenvalue weighted by Gasteiger charge is 2.07. The number of halogens is 1. The van der Waals surface area contributed by atoms with Gasteiger partial charge in [0.1, 0.15) is 5.82 Å². The van der Waals surface area contributed by atoms with E-state index in [1.165, 1.54) is 0 Å². The zero-order chi connectivity index (χ0) is 16.5. The predicted octanol–water partition coefficient (Wildman–Crippen LogP) is 1.97. The minimum Gasteiger partial charge on any atom is -0.395 e. The highest BCUT2D eigenvalue weighted by Crippen LogP contribution is 2.22. The van der Waals surface area contributed by atoms with Crippen LogP contribution in [0.5, 0.6) is 0 Å². The summed E-state index contributed by atoms with van der Waals surface area (Å²) in [5.41, 5.74) is 4.42. The Bertz CT molecular complexity index is 631. The minimum absolute atomic E-state index is 0.00875. The largest absolute Gasteiger partial charge is 0.395 e. The normalized spacial score (nSPS) is 10.9. The molecule has 7 heteroatoms. The molecule has 1 aromatic carbocycles. The molecule has 2 rings (SSSR count). The summed E-state index contributed by atoms with van der Waals surface area (Å²) in [4.78, 5) is 5.96. The first-order chi connectivity index (χ1) is 11.2. The lowest BCUT2D eigenvalue weighted by Gasteiger charge is -2.23. The fourth-order valence-electron chi connectivity index (χ4n) is 2.03. The zero-order valence-electron chi connectivity index (χ0n) is 12.6. The quantitative estimate of drug-likeness (QED) is 0.508. The molecule has 0 amide bonds. The van der Waals surface area contributed by atoms with Crippen LogP contribution in [-0.4, -0.2) is 47.7 Å². The van der Waals surface area contributed by atoms with Crippen molar-refractivity contribution in [3.05, 3.63) is 53.2 Å². The average Bonchev–Trinajstić information content (AvgIpc) is 2.57. The fraction of sp³-hybridized carbons (Fsp3) is 0.250. The molecule has 0 unspecified atom stereocenters. The van der Waals surface area contributed by atoms with Gasteiger partial charge in [0, 0.05) is 30.5 Å². The van der Waals surface area contributed by atoms with Crippen molar-refractivity contribution in [1.29, 1.82) is 0 Å². The van der Waals surface area contributed by atoms with Gasteiger partial charge in [-0.25, -0.2) is 4.98 Å². The second-order valence-corrected chi connectivity index (χ2v) is 5.13. The molecule has 2 aromatic rings. The lowest BCUT2D eigenvalue weighted by molar-refractivity contribution is 0.281. The number of hydrogen-bond acceptors (Lipinski definition) is 6. The van der Waals surface area contributed by atoms with Gasteiger partial charge in [0.15, 0.2) is 0 Å². The van der Waals surface area contributed by atoms with Crippen molar-refractivity contribution < 1.29 is 10.2 Å². The maximum Gasteiger partial charge on any atom is 0.146 e. The van der Waals surface area contributed by atoms with Crippen molar-refractivity contribution >= 4 is 29.3 Å². The molecule has 0 saturated heterocycles. The molecule has 0 fully saturated rings. The van der Waals surface area contributed by atoms with Crippen LogP contribution in [0.15, 0.2) is 47.7 Å². The van der Waals surface area contributed by atoms with Crippen LogP contribution in [-0.2, 0) is 0 Å². The summed E-state index contributed by atoms with van der Waals surface area (Å²) in [6, 6.07) is 11.0. The van der Waals surface area contributed by atoms with E-state index in [0.29, 0.717) is 23.9 Å². The summed E-state index contributed by atoms with van der Waals surface area (Å²) in [6.45, 7) is 0.890. The highest BCUT2D eigenvalue weighted by molar-refractivity contribution is 6.33. The topological polar surface area (TPSA) is 81.0 Å². The summed E-state index contributed by atoms with van der Waals surface area (Å²) in [6.07, 6.45) is 3.29. The summed E-state index contributed by atoms with van der Waals surface area (Å²) in [7, 11) is 0. The molecule has 0 spiro atoms. The van der Waals surface area contributed by atoms with E-state index in [2.05, 4.69) is 15.5 Å². The molecule has 23 heavy (non-hydrogen) atoms. The smallest absolute Gasteiger partial charge is 0.146 e. The number of aromatic nitrogens is 1. The molecule has 0 atom stereocenters. The van der Waals surface area contributed by atoms with Crippen molar-refractivity contribution in [3.63, 3.8) is 0 Å². The van der Waals surface area contributed by atoms with Crippen LogP contribution < -0.4 is 10.3 Å². The number of aliphatic hydroxyl groups excluding tert-OH is 2. The number of nitrogens with zero attached hydrogens (tertiary/aromatic N) is 3. The molecule has 0 aliphatic rings. The molecular weight excluding hydrogens is 316 g/mol. The number of pyridine rings is 1. The molecule has 0 bridgehead atoms. The highest BCUT2D eigenvalue weighted by atomic mass is 35.5. The van der Waals surface area contributed by atoms with Crippen LogP contribution in [0.25, 0.3) is 0 Å². The monoisotopic (exact) mass is 334 g/mol. The molecule has 0 aliphatic heterocycles. The first-order valence-electron chi connectivity index (χ1n) is 7.21. The molecule has 0 radical (unpaired) electrons. The van der Waals surface area contributed by atoms with Crippen molar-refractivity contribution in [2.45, 2.75) is 0 Å². The van der Waals surface area contributed by atoms with E-state index in [0.717, 1.165) is 11.3 Å². The Kier molecular flexibility index (Phi) is 6.80. The van der Waals surface area contributed by atoms with Crippen molar-refractivity contribution in [2.75, 3.05) is 36.6 Å². The standard InChI is InChI=1S/C16H19ClN4O2/c17-15-11-14(21(7-9-22)8-10-23)5-4-13(15)12-19-20-16-3-1-2-6-18-16/h1-6,11-12,22-23H,7-10H2,(H,18,20)/b19-12+. The number of hydrogen-bond donors (Lipinski definition) is 3. The fourth-order valence-corrected chi connectivity index (χ4v) is 2.25. The lowest BCUT2D eigenvalue weighted by atomic mass is 10.2. The number of hydrazone groups is 1. The third-order valence-corrected chi connectivity index (χ3v) is 3.46. The Morgan fingerprint density at radius 3 is 2.57 bits per heavy atom. The van der Waals surface area contributed by atoms with Gasteiger partial charge in [0.2, 0.25) is 0 Å². The molecule has 122 valence electrons. The van der Waals surface area contributed by atoms with Gasteiger partial charge in [-0.1, -0.05) is 17.7 Å².